The number of aryl methyl sites for hydroxylation is 3. The van der Waals surface area contributed by atoms with Crippen molar-refractivity contribution in [3.63, 3.8) is 0 Å². The van der Waals surface area contributed by atoms with Crippen LogP contribution in [0.15, 0.2) is 46.9 Å². The van der Waals surface area contributed by atoms with Gasteiger partial charge in [0.2, 0.25) is 5.91 Å². The Morgan fingerprint density at radius 3 is 2.35 bits per heavy atom. The SMILES string of the molecule is Cc1ccc(-n2nc(C)cc2NC(=O)CN2CCN(C(=O)c3ccc(C)o3)CC2)cc1. The van der Waals surface area contributed by atoms with Crippen LogP contribution in [0.5, 0.6) is 0 Å². The van der Waals surface area contributed by atoms with Crippen LogP contribution in [-0.2, 0) is 4.79 Å². The number of carbonyl (C=O) groups excluding carboxylic acids is 2. The quantitative estimate of drug-likeness (QED) is 0.685. The van der Waals surface area contributed by atoms with Gasteiger partial charge >= 0.3 is 0 Å². The number of aromatic nitrogens is 2. The molecule has 0 saturated carbocycles. The number of carbonyl (C=O) groups is 2. The lowest BCUT2D eigenvalue weighted by Gasteiger charge is -2.33. The van der Waals surface area contributed by atoms with Crippen LogP contribution in [0.3, 0.4) is 0 Å². The first-order chi connectivity index (χ1) is 14.9. The van der Waals surface area contributed by atoms with Crippen molar-refractivity contribution < 1.29 is 14.0 Å². The van der Waals surface area contributed by atoms with Crippen molar-refractivity contribution in [2.45, 2.75) is 20.8 Å². The minimum absolute atomic E-state index is 0.102. The summed E-state index contributed by atoms with van der Waals surface area (Å²) in [5, 5.41) is 7.48. The number of nitrogens with zero attached hydrogens (tertiary/aromatic N) is 4. The van der Waals surface area contributed by atoms with Gasteiger partial charge in [-0.25, -0.2) is 4.68 Å². The van der Waals surface area contributed by atoms with Crippen molar-refractivity contribution in [2.75, 3.05) is 38.0 Å². The Bertz CT molecular complexity index is 1080. The highest BCUT2D eigenvalue weighted by Crippen LogP contribution is 2.18. The molecule has 2 amide bonds. The maximum Gasteiger partial charge on any atom is 0.289 e. The van der Waals surface area contributed by atoms with Gasteiger partial charge in [-0.3, -0.25) is 14.5 Å². The lowest BCUT2D eigenvalue weighted by Crippen LogP contribution is -2.50. The van der Waals surface area contributed by atoms with E-state index in [1.807, 2.05) is 56.0 Å². The van der Waals surface area contributed by atoms with Crippen molar-refractivity contribution in [3.05, 3.63) is 65.2 Å². The number of hydrogen-bond donors (Lipinski definition) is 1. The summed E-state index contributed by atoms with van der Waals surface area (Å²) in [5.74, 6) is 1.53. The molecule has 0 radical (unpaired) electrons. The minimum Gasteiger partial charge on any atom is -0.456 e. The Morgan fingerprint density at radius 2 is 1.71 bits per heavy atom. The number of amides is 2. The number of hydrogen-bond acceptors (Lipinski definition) is 5. The molecular formula is C23H27N5O3. The summed E-state index contributed by atoms with van der Waals surface area (Å²) in [6.45, 7) is 8.41. The standard InChI is InChI=1S/C23H27N5O3/c1-16-4-7-19(8-5-16)28-21(14-17(2)25-28)24-22(29)15-26-10-12-27(13-11-26)23(30)20-9-6-18(3)31-20/h4-9,14H,10-13,15H2,1-3H3,(H,24,29). The van der Waals surface area contributed by atoms with Gasteiger partial charge in [0.05, 0.1) is 17.9 Å². The number of anilines is 1. The normalized spacial score (nSPS) is 14.6. The van der Waals surface area contributed by atoms with Gasteiger partial charge in [-0.15, -0.1) is 0 Å². The summed E-state index contributed by atoms with van der Waals surface area (Å²) in [6, 6.07) is 13.3. The average Bonchev–Trinajstić information content (AvgIpc) is 3.34. The summed E-state index contributed by atoms with van der Waals surface area (Å²) in [5.41, 5.74) is 2.89. The molecule has 31 heavy (non-hydrogen) atoms. The molecule has 1 N–H and O–H groups in total. The number of nitrogens with one attached hydrogen (secondary N) is 1. The summed E-state index contributed by atoms with van der Waals surface area (Å²) in [6.07, 6.45) is 0. The van der Waals surface area contributed by atoms with Gasteiger partial charge in [0.15, 0.2) is 5.76 Å². The second kappa shape index (κ2) is 8.77. The van der Waals surface area contributed by atoms with E-state index in [0.717, 1.165) is 22.7 Å². The van der Waals surface area contributed by atoms with Gasteiger partial charge in [-0.2, -0.15) is 5.10 Å². The monoisotopic (exact) mass is 421 g/mol. The van der Waals surface area contributed by atoms with E-state index in [4.69, 9.17) is 4.42 Å². The maximum atomic E-state index is 12.7. The van der Waals surface area contributed by atoms with E-state index in [2.05, 4.69) is 10.4 Å². The predicted molar refractivity (Wildman–Crippen MR) is 117 cm³/mol. The molecule has 1 aromatic carbocycles. The maximum absolute atomic E-state index is 12.7. The third-order valence-corrected chi connectivity index (χ3v) is 5.36. The highest BCUT2D eigenvalue weighted by Gasteiger charge is 2.25. The van der Waals surface area contributed by atoms with E-state index in [9.17, 15) is 9.59 Å². The number of benzene rings is 1. The first-order valence-corrected chi connectivity index (χ1v) is 10.4. The van der Waals surface area contributed by atoms with Crippen LogP contribution in [0.4, 0.5) is 5.82 Å². The molecule has 1 saturated heterocycles. The van der Waals surface area contributed by atoms with Crippen LogP contribution in [-0.4, -0.2) is 64.1 Å². The van der Waals surface area contributed by atoms with Crippen LogP contribution in [0, 0.1) is 20.8 Å². The molecule has 0 spiro atoms. The molecule has 3 aromatic rings. The lowest BCUT2D eigenvalue weighted by molar-refractivity contribution is -0.117. The van der Waals surface area contributed by atoms with Crippen molar-refractivity contribution in [2.24, 2.45) is 0 Å². The first-order valence-electron chi connectivity index (χ1n) is 10.4. The van der Waals surface area contributed by atoms with Crippen molar-refractivity contribution in [3.8, 4) is 5.69 Å². The van der Waals surface area contributed by atoms with Crippen LogP contribution < -0.4 is 5.32 Å². The van der Waals surface area contributed by atoms with E-state index in [-0.39, 0.29) is 18.4 Å². The first kappa shape index (κ1) is 20.9. The second-order valence-corrected chi connectivity index (χ2v) is 7.95. The minimum atomic E-state index is -0.102. The fraction of sp³-hybridized carbons (Fsp3) is 0.348. The Kier molecular flexibility index (Phi) is 5.90. The molecule has 4 rings (SSSR count). The molecule has 3 heterocycles. The van der Waals surface area contributed by atoms with E-state index in [1.54, 1.807) is 21.7 Å². The largest absolute Gasteiger partial charge is 0.456 e. The number of rotatable bonds is 5. The number of piperazine rings is 1. The van der Waals surface area contributed by atoms with E-state index in [0.29, 0.717) is 37.8 Å². The van der Waals surface area contributed by atoms with E-state index >= 15 is 0 Å². The van der Waals surface area contributed by atoms with Gasteiger partial charge in [-0.1, -0.05) is 17.7 Å². The summed E-state index contributed by atoms with van der Waals surface area (Å²) in [4.78, 5) is 29.0. The topological polar surface area (TPSA) is 83.6 Å². The predicted octanol–water partition coefficient (Wildman–Crippen LogP) is 2.79. The van der Waals surface area contributed by atoms with Gasteiger partial charge in [0.1, 0.15) is 11.6 Å². The molecular weight excluding hydrogens is 394 g/mol. The zero-order valence-electron chi connectivity index (χ0n) is 18.1. The van der Waals surface area contributed by atoms with Gasteiger partial charge < -0.3 is 14.6 Å². The molecule has 8 nitrogen and oxygen atoms in total. The second-order valence-electron chi connectivity index (χ2n) is 7.95. The summed E-state index contributed by atoms with van der Waals surface area (Å²) >= 11 is 0. The fourth-order valence-electron chi connectivity index (χ4n) is 3.67. The molecule has 162 valence electrons. The third-order valence-electron chi connectivity index (χ3n) is 5.36. The lowest BCUT2D eigenvalue weighted by atomic mass is 10.2. The van der Waals surface area contributed by atoms with Gasteiger partial charge in [0.25, 0.3) is 5.91 Å². The molecule has 1 aliphatic rings. The smallest absolute Gasteiger partial charge is 0.289 e. The molecule has 0 unspecified atom stereocenters. The molecule has 0 aliphatic carbocycles. The van der Waals surface area contributed by atoms with Crippen molar-refractivity contribution in [1.29, 1.82) is 0 Å². The van der Waals surface area contributed by atoms with Crippen LogP contribution in [0.2, 0.25) is 0 Å². The zero-order valence-corrected chi connectivity index (χ0v) is 18.1. The highest BCUT2D eigenvalue weighted by atomic mass is 16.3. The van der Waals surface area contributed by atoms with Crippen molar-refractivity contribution >= 4 is 17.6 Å². The Balaban J connectivity index is 1.33. The van der Waals surface area contributed by atoms with Crippen molar-refractivity contribution in [1.82, 2.24) is 19.6 Å². The van der Waals surface area contributed by atoms with E-state index < -0.39 is 0 Å². The highest BCUT2D eigenvalue weighted by molar-refractivity contribution is 5.92. The van der Waals surface area contributed by atoms with Crippen LogP contribution in [0.1, 0.15) is 27.6 Å². The number of furan rings is 1. The Hall–Kier alpha value is -3.39. The molecule has 8 heteroatoms. The Labute approximate surface area is 181 Å². The van der Waals surface area contributed by atoms with Gasteiger partial charge in [0, 0.05) is 32.2 Å². The molecule has 0 bridgehead atoms. The average molecular weight is 422 g/mol. The summed E-state index contributed by atoms with van der Waals surface area (Å²) in [7, 11) is 0. The fourth-order valence-corrected chi connectivity index (χ4v) is 3.67. The molecule has 1 aliphatic heterocycles. The molecule has 0 atom stereocenters. The van der Waals surface area contributed by atoms with E-state index in [1.165, 1.54) is 0 Å². The van der Waals surface area contributed by atoms with Crippen LogP contribution in [0.25, 0.3) is 5.69 Å². The third kappa shape index (κ3) is 4.86. The Morgan fingerprint density at radius 1 is 1.00 bits per heavy atom. The zero-order chi connectivity index (χ0) is 22.0. The van der Waals surface area contributed by atoms with Gasteiger partial charge in [-0.05, 0) is 45.0 Å². The van der Waals surface area contributed by atoms with Crippen LogP contribution >= 0.6 is 0 Å². The summed E-state index contributed by atoms with van der Waals surface area (Å²) < 4.78 is 7.18. The molecule has 1 fully saturated rings. The molecule has 2 aromatic heterocycles.